The number of rotatable bonds is 3. The summed E-state index contributed by atoms with van der Waals surface area (Å²) in [4.78, 5) is 12.5. The number of benzene rings is 2. The van der Waals surface area contributed by atoms with Crippen LogP contribution in [0.1, 0.15) is 19.4 Å². The van der Waals surface area contributed by atoms with Gasteiger partial charge in [-0.25, -0.2) is 0 Å². The van der Waals surface area contributed by atoms with Crippen molar-refractivity contribution >= 4 is 33.2 Å². The summed E-state index contributed by atoms with van der Waals surface area (Å²) in [5.41, 5.74) is 7.43. The Morgan fingerprint density at radius 1 is 1.10 bits per heavy atom. The third-order valence-corrected chi connectivity index (χ3v) is 4.01. The van der Waals surface area contributed by atoms with Crippen LogP contribution in [0.5, 0.6) is 0 Å². The second-order valence-corrected chi connectivity index (χ2v) is 6.04. The highest BCUT2D eigenvalue weighted by Gasteiger charge is 2.30. The van der Waals surface area contributed by atoms with Crippen molar-refractivity contribution in [2.45, 2.75) is 19.3 Å². The topological polar surface area (TPSA) is 55.1 Å². The lowest BCUT2D eigenvalue weighted by molar-refractivity contribution is -0.120. The molecule has 3 nitrogen and oxygen atoms in total. The predicted octanol–water partition coefficient (Wildman–Crippen LogP) is 3.95. The quantitative estimate of drug-likeness (QED) is 0.836. The van der Waals surface area contributed by atoms with Crippen molar-refractivity contribution in [3.63, 3.8) is 0 Å². The maximum atomic E-state index is 12.5. The van der Waals surface area contributed by atoms with E-state index in [9.17, 15) is 4.79 Å². The first-order valence-electron chi connectivity index (χ1n) is 6.33. The first kappa shape index (κ1) is 14.6. The van der Waals surface area contributed by atoms with Gasteiger partial charge in [-0.3, -0.25) is 4.79 Å². The maximum Gasteiger partial charge on any atom is 0.234 e. The van der Waals surface area contributed by atoms with E-state index in [2.05, 4.69) is 21.2 Å². The Morgan fingerprint density at radius 3 is 2.30 bits per heavy atom. The van der Waals surface area contributed by atoms with Crippen LogP contribution in [0.2, 0.25) is 0 Å². The lowest BCUT2D eigenvalue weighted by atomic mass is 9.83. The van der Waals surface area contributed by atoms with E-state index in [-0.39, 0.29) is 5.91 Å². The molecule has 1 amide bonds. The molecule has 0 saturated carbocycles. The van der Waals surface area contributed by atoms with E-state index < -0.39 is 5.41 Å². The Hall–Kier alpha value is -1.81. The van der Waals surface area contributed by atoms with Crippen LogP contribution < -0.4 is 11.1 Å². The van der Waals surface area contributed by atoms with Gasteiger partial charge in [0, 0.05) is 10.2 Å². The summed E-state index contributed by atoms with van der Waals surface area (Å²) >= 11 is 3.43. The Kier molecular flexibility index (Phi) is 4.14. The first-order chi connectivity index (χ1) is 9.41. The number of hydrogen-bond acceptors (Lipinski definition) is 2. The predicted molar refractivity (Wildman–Crippen MR) is 86.7 cm³/mol. The van der Waals surface area contributed by atoms with Crippen LogP contribution in [0.25, 0.3) is 0 Å². The Labute approximate surface area is 127 Å². The number of anilines is 2. The van der Waals surface area contributed by atoms with Gasteiger partial charge in [0.2, 0.25) is 5.91 Å². The van der Waals surface area contributed by atoms with Crippen molar-refractivity contribution in [1.82, 2.24) is 0 Å². The lowest BCUT2D eigenvalue weighted by Crippen LogP contribution is -2.34. The van der Waals surface area contributed by atoms with Crippen LogP contribution in [-0.2, 0) is 10.2 Å². The molecule has 0 bridgehead atoms. The minimum atomic E-state index is -0.636. The van der Waals surface area contributed by atoms with Crippen LogP contribution >= 0.6 is 15.9 Å². The lowest BCUT2D eigenvalue weighted by Gasteiger charge is -2.24. The second-order valence-electron chi connectivity index (χ2n) is 5.18. The zero-order valence-corrected chi connectivity index (χ0v) is 13.1. The molecule has 20 heavy (non-hydrogen) atoms. The van der Waals surface area contributed by atoms with Gasteiger partial charge in [0.05, 0.1) is 11.1 Å². The molecule has 0 aliphatic heterocycles. The fraction of sp³-hybridized carbons (Fsp3) is 0.188. The minimum absolute atomic E-state index is 0.0610. The molecule has 2 aromatic rings. The molecule has 0 aliphatic carbocycles. The molecule has 0 aliphatic rings. The van der Waals surface area contributed by atoms with E-state index in [1.54, 1.807) is 0 Å². The molecular weight excluding hydrogens is 316 g/mol. The van der Waals surface area contributed by atoms with Crippen molar-refractivity contribution < 1.29 is 4.79 Å². The number of carbonyl (C=O) groups is 1. The summed E-state index contributed by atoms with van der Waals surface area (Å²) < 4.78 is 0.862. The molecule has 0 radical (unpaired) electrons. The molecule has 3 N–H and O–H groups in total. The van der Waals surface area contributed by atoms with Gasteiger partial charge in [-0.1, -0.05) is 24.3 Å². The van der Waals surface area contributed by atoms with E-state index in [1.807, 2.05) is 62.4 Å². The first-order valence-corrected chi connectivity index (χ1v) is 7.12. The highest BCUT2D eigenvalue weighted by molar-refractivity contribution is 9.10. The number of nitrogen functional groups attached to an aromatic ring is 1. The summed E-state index contributed by atoms with van der Waals surface area (Å²) in [7, 11) is 0. The van der Waals surface area contributed by atoms with Gasteiger partial charge in [0.25, 0.3) is 0 Å². The standard InChI is InChI=1S/C16H17BrN2O/c1-16(2,11-7-9-12(18)10-8-11)15(20)19-14-6-4-3-5-13(14)17/h3-10H,18H2,1-2H3,(H,19,20). The van der Waals surface area contributed by atoms with Crippen LogP contribution in [0.3, 0.4) is 0 Å². The van der Waals surface area contributed by atoms with Crippen molar-refractivity contribution in [2.24, 2.45) is 0 Å². The van der Waals surface area contributed by atoms with Crippen LogP contribution in [-0.4, -0.2) is 5.91 Å². The molecule has 0 saturated heterocycles. The molecule has 104 valence electrons. The smallest absolute Gasteiger partial charge is 0.234 e. The van der Waals surface area contributed by atoms with E-state index in [0.29, 0.717) is 5.69 Å². The number of para-hydroxylation sites is 1. The van der Waals surface area contributed by atoms with E-state index >= 15 is 0 Å². The van der Waals surface area contributed by atoms with Gasteiger partial charge in [0.15, 0.2) is 0 Å². The van der Waals surface area contributed by atoms with E-state index in [1.165, 1.54) is 0 Å². The summed E-state index contributed by atoms with van der Waals surface area (Å²) in [6, 6.07) is 14.9. The summed E-state index contributed by atoms with van der Waals surface area (Å²) in [6.07, 6.45) is 0. The van der Waals surface area contributed by atoms with Crippen molar-refractivity contribution in [3.8, 4) is 0 Å². The normalized spacial score (nSPS) is 11.2. The largest absolute Gasteiger partial charge is 0.399 e. The molecule has 4 heteroatoms. The zero-order valence-electron chi connectivity index (χ0n) is 11.5. The van der Waals surface area contributed by atoms with Crippen LogP contribution in [0.15, 0.2) is 53.0 Å². The molecule has 0 aromatic heterocycles. The SMILES string of the molecule is CC(C)(C(=O)Nc1ccccc1Br)c1ccc(N)cc1. The number of nitrogens with one attached hydrogen (secondary N) is 1. The summed E-state index contributed by atoms with van der Waals surface area (Å²) in [5.74, 6) is -0.0610. The van der Waals surface area contributed by atoms with Crippen LogP contribution in [0.4, 0.5) is 11.4 Å². The molecule has 0 fully saturated rings. The van der Waals surface area contributed by atoms with Gasteiger partial charge >= 0.3 is 0 Å². The van der Waals surface area contributed by atoms with Crippen molar-refractivity contribution in [2.75, 3.05) is 11.1 Å². The van der Waals surface area contributed by atoms with Gasteiger partial charge in [-0.05, 0) is 59.6 Å². The zero-order chi connectivity index (χ0) is 14.8. The molecule has 0 heterocycles. The molecule has 0 spiro atoms. The Bertz CT molecular complexity index is 621. The van der Waals surface area contributed by atoms with Crippen molar-refractivity contribution in [1.29, 1.82) is 0 Å². The van der Waals surface area contributed by atoms with Gasteiger partial charge in [0.1, 0.15) is 0 Å². The van der Waals surface area contributed by atoms with E-state index in [4.69, 9.17) is 5.73 Å². The highest BCUT2D eigenvalue weighted by atomic mass is 79.9. The minimum Gasteiger partial charge on any atom is -0.399 e. The molecule has 2 aromatic carbocycles. The monoisotopic (exact) mass is 332 g/mol. The second kappa shape index (κ2) is 5.67. The summed E-state index contributed by atoms with van der Waals surface area (Å²) in [6.45, 7) is 3.79. The van der Waals surface area contributed by atoms with Crippen molar-refractivity contribution in [3.05, 3.63) is 58.6 Å². The van der Waals surface area contributed by atoms with Gasteiger partial charge < -0.3 is 11.1 Å². The Morgan fingerprint density at radius 2 is 1.70 bits per heavy atom. The fourth-order valence-electron chi connectivity index (χ4n) is 1.87. The molecule has 0 atom stereocenters. The number of hydrogen-bond donors (Lipinski definition) is 2. The summed E-state index contributed by atoms with van der Waals surface area (Å²) in [5, 5.41) is 2.95. The Balaban J connectivity index is 2.23. The average Bonchev–Trinajstić information content (AvgIpc) is 2.41. The number of nitrogens with two attached hydrogens (primary N) is 1. The van der Waals surface area contributed by atoms with E-state index in [0.717, 1.165) is 15.7 Å². The number of carbonyl (C=O) groups excluding carboxylic acids is 1. The number of amides is 1. The van der Waals surface area contributed by atoms with Gasteiger partial charge in [-0.2, -0.15) is 0 Å². The van der Waals surface area contributed by atoms with Gasteiger partial charge in [-0.15, -0.1) is 0 Å². The molecule has 2 rings (SSSR count). The maximum absolute atomic E-state index is 12.5. The third kappa shape index (κ3) is 3.02. The van der Waals surface area contributed by atoms with Crippen LogP contribution in [0, 0.1) is 0 Å². The molecular formula is C16H17BrN2O. The highest BCUT2D eigenvalue weighted by Crippen LogP contribution is 2.28. The average molecular weight is 333 g/mol. The molecule has 0 unspecified atom stereocenters. The fourth-order valence-corrected chi connectivity index (χ4v) is 2.26. The third-order valence-electron chi connectivity index (χ3n) is 3.32. The number of halogens is 1.